The molecule has 0 radical (unpaired) electrons. The van der Waals surface area contributed by atoms with E-state index in [2.05, 4.69) is 6.07 Å². The highest BCUT2D eigenvalue weighted by Crippen LogP contribution is 2.38. The summed E-state index contributed by atoms with van der Waals surface area (Å²) in [6.45, 7) is 3.37. The number of amides is 1. The Morgan fingerprint density at radius 3 is 2.88 bits per heavy atom. The standard InChI is InChI=1S/C13H20N2O2/c1-2-3-9(6-14)13(17)15-7-10-4-5-12(16)11(10)8-15/h9-12,16H,2-5,7-8H2,1H3. The van der Waals surface area contributed by atoms with Crippen LogP contribution in [0.4, 0.5) is 0 Å². The quantitative estimate of drug-likeness (QED) is 0.799. The van der Waals surface area contributed by atoms with Crippen molar-refractivity contribution >= 4 is 5.91 Å². The van der Waals surface area contributed by atoms with Crippen LogP contribution in [0.3, 0.4) is 0 Å². The van der Waals surface area contributed by atoms with Gasteiger partial charge in [-0.3, -0.25) is 4.79 Å². The van der Waals surface area contributed by atoms with Gasteiger partial charge in [0.2, 0.25) is 5.91 Å². The Bertz CT molecular complexity index is 337. The highest BCUT2D eigenvalue weighted by molar-refractivity contribution is 5.81. The van der Waals surface area contributed by atoms with Crippen LogP contribution in [-0.4, -0.2) is 35.1 Å². The average Bonchev–Trinajstić information content (AvgIpc) is 2.88. The number of nitriles is 1. The fourth-order valence-electron chi connectivity index (χ4n) is 3.17. The van der Waals surface area contributed by atoms with E-state index >= 15 is 0 Å². The molecular formula is C13H20N2O2. The molecule has 0 bridgehead atoms. The van der Waals surface area contributed by atoms with Crippen molar-refractivity contribution in [3.8, 4) is 6.07 Å². The highest BCUT2D eigenvalue weighted by Gasteiger charge is 2.44. The summed E-state index contributed by atoms with van der Waals surface area (Å²) in [6.07, 6.45) is 3.13. The Kier molecular flexibility index (Phi) is 3.68. The molecular weight excluding hydrogens is 216 g/mol. The zero-order chi connectivity index (χ0) is 12.4. The van der Waals surface area contributed by atoms with Gasteiger partial charge in [0.25, 0.3) is 0 Å². The number of likely N-dealkylation sites (tertiary alicyclic amines) is 1. The molecule has 2 rings (SSSR count). The smallest absolute Gasteiger partial charge is 0.239 e. The lowest BCUT2D eigenvalue weighted by Gasteiger charge is -2.20. The summed E-state index contributed by atoms with van der Waals surface area (Å²) in [4.78, 5) is 13.9. The number of nitrogens with zero attached hydrogens (tertiary/aromatic N) is 2. The van der Waals surface area contributed by atoms with Crippen molar-refractivity contribution in [2.75, 3.05) is 13.1 Å². The number of hydrogen-bond donors (Lipinski definition) is 1. The lowest BCUT2D eigenvalue weighted by atomic mass is 10.00. The number of aliphatic hydroxyl groups excluding tert-OH is 1. The van der Waals surface area contributed by atoms with Crippen LogP contribution in [0.1, 0.15) is 32.6 Å². The van der Waals surface area contributed by atoms with Crippen molar-refractivity contribution < 1.29 is 9.90 Å². The molecule has 0 aromatic carbocycles. The van der Waals surface area contributed by atoms with Crippen molar-refractivity contribution in [1.29, 1.82) is 5.26 Å². The molecule has 0 spiro atoms. The van der Waals surface area contributed by atoms with Gasteiger partial charge in [0.15, 0.2) is 0 Å². The van der Waals surface area contributed by atoms with Crippen LogP contribution >= 0.6 is 0 Å². The van der Waals surface area contributed by atoms with E-state index in [0.29, 0.717) is 18.9 Å². The molecule has 2 fully saturated rings. The number of rotatable bonds is 3. The van der Waals surface area contributed by atoms with Crippen LogP contribution < -0.4 is 0 Å². The van der Waals surface area contributed by atoms with E-state index in [1.165, 1.54) is 0 Å². The summed E-state index contributed by atoms with van der Waals surface area (Å²) in [5.74, 6) is 0.182. The molecule has 1 heterocycles. The SMILES string of the molecule is CCCC(C#N)C(=O)N1CC2CCC(O)C2C1. The molecule has 17 heavy (non-hydrogen) atoms. The van der Waals surface area contributed by atoms with Gasteiger partial charge >= 0.3 is 0 Å². The lowest BCUT2D eigenvalue weighted by molar-refractivity contribution is -0.133. The maximum absolute atomic E-state index is 12.1. The first-order valence-electron chi connectivity index (χ1n) is 6.53. The molecule has 2 aliphatic rings. The molecule has 0 aromatic rings. The first-order chi connectivity index (χ1) is 8.17. The first-order valence-corrected chi connectivity index (χ1v) is 6.53. The van der Waals surface area contributed by atoms with Crippen LogP contribution in [0.15, 0.2) is 0 Å². The average molecular weight is 236 g/mol. The van der Waals surface area contributed by atoms with Gasteiger partial charge in [-0.1, -0.05) is 13.3 Å². The normalized spacial score (nSPS) is 33.2. The molecule has 0 aromatic heterocycles. The fraction of sp³-hybridized carbons (Fsp3) is 0.846. The van der Waals surface area contributed by atoms with Crippen LogP contribution in [0.5, 0.6) is 0 Å². The molecule has 4 atom stereocenters. The predicted octanol–water partition coefficient (Wildman–Crippen LogP) is 1.16. The first kappa shape index (κ1) is 12.4. The lowest BCUT2D eigenvalue weighted by Crippen LogP contribution is -2.35. The van der Waals surface area contributed by atoms with Gasteiger partial charge < -0.3 is 10.0 Å². The molecule has 4 unspecified atom stereocenters. The van der Waals surface area contributed by atoms with E-state index < -0.39 is 5.92 Å². The third-order valence-corrected chi connectivity index (χ3v) is 4.16. The Balaban J connectivity index is 1.96. The number of carbonyl (C=O) groups excluding carboxylic acids is 1. The Morgan fingerprint density at radius 1 is 1.53 bits per heavy atom. The largest absolute Gasteiger partial charge is 0.393 e. The summed E-state index contributed by atoms with van der Waals surface area (Å²) < 4.78 is 0. The molecule has 1 aliphatic carbocycles. The molecule has 94 valence electrons. The van der Waals surface area contributed by atoms with Crippen molar-refractivity contribution in [3.63, 3.8) is 0 Å². The molecule has 4 heteroatoms. The molecule has 1 saturated heterocycles. The zero-order valence-corrected chi connectivity index (χ0v) is 10.3. The van der Waals surface area contributed by atoms with Gasteiger partial charge in [-0.15, -0.1) is 0 Å². The summed E-state index contributed by atoms with van der Waals surface area (Å²) in [5.41, 5.74) is 0. The Morgan fingerprint density at radius 2 is 2.29 bits per heavy atom. The number of carbonyl (C=O) groups is 1. The van der Waals surface area contributed by atoms with E-state index in [4.69, 9.17) is 5.26 Å². The van der Waals surface area contributed by atoms with Crippen molar-refractivity contribution in [1.82, 2.24) is 4.90 Å². The van der Waals surface area contributed by atoms with Gasteiger partial charge in [-0.2, -0.15) is 5.26 Å². The second-order valence-corrected chi connectivity index (χ2v) is 5.28. The maximum Gasteiger partial charge on any atom is 0.239 e. The van der Waals surface area contributed by atoms with E-state index in [1.807, 2.05) is 6.92 Å². The summed E-state index contributed by atoms with van der Waals surface area (Å²) in [6, 6.07) is 2.10. The van der Waals surface area contributed by atoms with Gasteiger partial charge in [-0.25, -0.2) is 0 Å². The number of hydrogen-bond acceptors (Lipinski definition) is 3. The number of aliphatic hydroxyl groups is 1. The van der Waals surface area contributed by atoms with Crippen molar-refractivity contribution in [3.05, 3.63) is 0 Å². The second kappa shape index (κ2) is 5.05. The Labute approximate surface area is 102 Å². The van der Waals surface area contributed by atoms with Crippen molar-refractivity contribution in [2.24, 2.45) is 17.8 Å². The summed E-state index contributed by atoms with van der Waals surface area (Å²) in [5, 5.41) is 18.8. The molecule has 1 amide bonds. The maximum atomic E-state index is 12.1. The number of fused-ring (bicyclic) bond motifs is 1. The minimum atomic E-state index is -0.490. The minimum absolute atomic E-state index is 0.0315. The monoisotopic (exact) mass is 236 g/mol. The Hall–Kier alpha value is -1.08. The molecule has 1 aliphatic heterocycles. The predicted molar refractivity (Wildman–Crippen MR) is 62.8 cm³/mol. The van der Waals surface area contributed by atoms with Gasteiger partial charge in [0.05, 0.1) is 12.2 Å². The fourth-order valence-corrected chi connectivity index (χ4v) is 3.17. The van der Waals surface area contributed by atoms with Crippen LogP contribution in [0.2, 0.25) is 0 Å². The van der Waals surface area contributed by atoms with E-state index in [0.717, 1.165) is 25.8 Å². The van der Waals surface area contributed by atoms with E-state index in [-0.39, 0.29) is 17.9 Å². The summed E-state index contributed by atoms with van der Waals surface area (Å²) in [7, 11) is 0. The summed E-state index contributed by atoms with van der Waals surface area (Å²) >= 11 is 0. The van der Waals surface area contributed by atoms with Crippen LogP contribution in [-0.2, 0) is 4.79 Å². The second-order valence-electron chi connectivity index (χ2n) is 5.28. The third kappa shape index (κ3) is 2.30. The molecule has 4 nitrogen and oxygen atoms in total. The van der Waals surface area contributed by atoms with Gasteiger partial charge in [0.1, 0.15) is 5.92 Å². The third-order valence-electron chi connectivity index (χ3n) is 4.16. The van der Waals surface area contributed by atoms with E-state index in [9.17, 15) is 9.90 Å². The topological polar surface area (TPSA) is 64.3 Å². The van der Waals surface area contributed by atoms with Crippen LogP contribution in [0, 0.1) is 29.1 Å². The van der Waals surface area contributed by atoms with E-state index in [1.54, 1.807) is 4.90 Å². The van der Waals surface area contributed by atoms with Gasteiger partial charge in [0, 0.05) is 19.0 Å². The zero-order valence-electron chi connectivity index (χ0n) is 10.3. The van der Waals surface area contributed by atoms with Crippen LogP contribution in [0.25, 0.3) is 0 Å². The minimum Gasteiger partial charge on any atom is -0.393 e. The molecule has 1 N–H and O–H groups in total. The van der Waals surface area contributed by atoms with Gasteiger partial charge in [-0.05, 0) is 25.2 Å². The molecule has 1 saturated carbocycles. The van der Waals surface area contributed by atoms with Crippen molar-refractivity contribution in [2.45, 2.75) is 38.7 Å². The highest BCUT2D eigenvalue weighted by atomic mass is 16.3.